The molecule has 5 nitrogen and oxygen atoms in total. The number of aryl methyl sites for hydroxylation is 1. The lowest BCUT2D eigenvalue weighted by atomic mass is 10.1. The number of aliphatic hydroxyl groups is 1. The number of nitrogens with zero attached hydrogens (tertiary/aromatic N) is 2. The van der Waals surface area contributed by atoms with Gasteiger partial charge in [-0.2, -0.15) is 0 Å². The lowest BCUT2D eigenvalue weighted by Crippen LogP contribution is -2.34. The van der Waals surface area contributed by atoms with Crippen LogP contribution in [-0.2, 0) is 4.84 Å². The molecule has 0 saturated carbocycles. The molecule has 5 heteroatoms. The van der Waals surface area contributed by atoms with Gasteiger partial charge in [0, 0.05) is 24.3 Å². The minimum Gasteiger partial charge on any atom is -0.392 e. The third-order valence-electron chi connectivity index (χ3n) is 3.84. The molecule has 1 aliphatic heterocycles. The van der Waals surface area contributed by atoms with E-state index in [9.17, 15) is 5.11 Å². The monoisotopic (exact) mass is 313 g/mol. The van der Waals surface area contributed by atoms with Crippen LogP contribution >= 0.6 is 0 Å². The average molecular weight is 313 g/mol. The SMILES string of the molecule is Cc1ccc2c(c1)/C(=N\OCC(O)CNC(C)C)c1cccn1-2. The molecule has 23 heavy (non-hydrogen) atoms. The summed E-state index contributed by atoms with van der Waals surface area (Å²) in [5.41, 5.74) is 5.19. The van der Waals surface area contributed by atoms with Gasteiger partial charge in [-0.3, -0.25) is 0 Å². The fourth-order valence-electron chi connectivity index (χ4n) is 2.69. The summed E-state index contributed by atoms with van der Waals surface area (Å²) >= 11 is 0. The van der Waals surface area contributed by atoms with Crippen molar-refractivity contribution in [1.82, 2.24) is 9.88 Å². The predicted molar refractivity (Wildman–Crippen MR) is 91.2 cm³/mol. The Balaban J connectivity index is 1.74. The molecule has 0 aliphatic carbocycles. The van der Waals surface area contributed by atoms with Crippen LogP contribution in [0.4, 0.5) is 0 Å². The van der Waals surface area contributed by atoms with Crippen molar-refractivity contribution in [3.05, 3.63) is 53.3 Å². The normalized spacial score (nSPS) is 15.8. The number of hydrogen-bond acceptors (Lipinski definition) is 4. The summed E-state index contributed by atoms with van der Waals surface area (Å²) in [7, 11) is 0. The smallest absolute Gasteiger partial charge is 0.144 e. The van der Waals surface area contributed by atoms with E-state index in [1.165, 1.54) is 5.56 Å². The molecule has 0 amide bonds. The topological polar surface area (TPSA) is 58.8 Å². The van der Waals surface area contributed by atoms with Crippen molar-refractivity contribution in [3.8, 4) is 5.69 Å². The van der Waals surface area contributed by atoms with Crippen molar-refractivity contribution >= 4 is 5.71 Å². The van der Waals surface area contributed by atoms with Crippen molar-refractivity contribution in [2.45, 2.75) is 32.9 Å². The van der Waals surface area contributed by atoms with Gasteiger partial charge in [0.25, 0.3) is 0 Å². The summed E-state index contributed by atoms with van der Waals surface area (Å²) in [6.07, 6.45) is 1.44. The van der Waals surface area contributed by atoms with E-state index in [1.54, 1.807) is 0 Å². The quantitative estimate of drug-likeness (QED) is 0.686. The summed E-state index contributed by atoms with van der Waals surface area (Å²) in [6, 6.07) is 10.7. The largest absolute Gasteiger partial charge is 0.392 e. The first kappa shape index (κ1) is 15.8. The molecule has 2 heterocycles. The number of nitrogens with one attached hydrogen (secondary N) is 1. The Kier molecular flexibility index (Phi) is 4.50. The van der Waals surface area contributed by atoms with Gasteiger partial charge in [-0.05, 0) is 31.2 Å². The van der Waals surface area contributed by atoms with Crippen LogP contribution in [0.1, 0.15) is 30.7 Å². The maximum Gasteiger partial charge on any atom is 0.144 e. The van der Waals surface area contributed by atoms with Crippen LogP contribution in [0, 0.1) is 6.92 Å². The fourth-order valence-corrected chi connectivity index (χ4v) is 2.69. The molecule has 1 unspecified atom stereocenters. The molecule has 3 rings (SSSR count). The number of hydrogen-bond donors (Lipinski definition) is 2. The van der Waals surface area contributed by atoms with Crippen LogP contribution in [0.15, 0.2) is 41.7 Å². The van der Waals surface area contributed by atoms with Crippen LogP contribution in [0.25, 0.3) is 5.69 Å². The zero-order valence-electron chi connectivity index (χ0n) is 13.8. The first-order chi connectivity index (χ1) is 11.1. The van der Waals surface area contributed by atoms with E-state index in [4.69, 9.17) is 4.84 Å². The molecule has 0 radical (unpaired) electrons. The van der Waals surface area contributed by atoms with Gasteiger partial charge in [0.1, 0.15) is 18.4 Å². The molecule has 1 aliphatic rings. The number of aromatic nitrogens is 1. The Bertz CT molecular complexity index is 719. The second-order valence-electron chi connectivity index (χ2n) is 6.24. The van der Waals surface area contributed by atoms with E-state index in [1.807, 2.05) is 32.2 Å². The third kappa shape index (κ3) is 3.30. The molecule has 1 atom stereocenters. The lowest BCUT2D eigenvalue weighted by Gasteiger charge is -2.13. The highest BCUT2D eigenvalue weighted by Gasteiger charge is 2.25. The van der Waals surface area contributed by atoms with Crippen molar-refractivity contribution in [1.29, 1.82) is 0 Å². The Morgan fingerprint density at radius 2 is 2.13 bits per heavy atom. The number of aliphatic hydroxyl groups excluding tert-OH is 1. The minimum absolute atomic E-state index is 0.172. The number of oxime groups is 1. The van der Waals surface area contributed by atoms with E-state index in [2.05, 4.69) is 40.2 Å². The molecular weight excluding hydrogens is 290 g/mol. The second kappa shape index (κ2) is 6.56. The van der Waals surface area contributed by atoms with Crippen molar-refractivity contribution in [2.75, 3.05) is 13.2 Å². The zero-order chi connectivity index (χ0) is 16.4. The van der Waals surface area contributed by atoms with Crippen molar-refractivity contribution < 1.29 is 9.94 Å². The number of benzene rings is 1. The molecule has 122 valence electrons. The molecule has 2 aromatic rings. The molecule has 1 aromatic carbocycles. The van der Waals surface area contributed by atoms with Gasteiger partial charge in [0.05, 0.1) is 11.4 Å². The van der Waals surface area contributed by atoms with E-state index in [0.29, 0.717) is 12.6 Å². The first-order valence-electron chi connectivity index (χ1n) is 7.97. The lowest BCUT2D eigenvalue weighted by molar-refractivity contribution is 0.0396. The van der Waals surface area contributed by atoms with Gasteiger partial charge in [-0.25, -0.2) is 0 Å². The summed E-state index contributed by atoms with van der Waals surface area (Å²) in [4.78, 5) is 5.42. The highest BCUT2D eigenvalue weighted by Crippen LogP contribution is 2.29. The molecule has 0 saturated heterocycles. The second-order valence-corrected chi connectivity index (χ2v) is 6.24. The van der Waals surface area contributed by atoms with Gasteiger partial charge >= 0.3 is 0 Å². The van der Waals surface area contributed by atoms with Crippen LogP contribution in [0.3, 0.4) is 0 Å². The van der Waals surface area contributed by atoms with Crippen LogP contribution in [0.5, 0.6) is 0 Å². The molecule has 1 aromatic heterocycles. The molecule has 0 spiro atoms. The van der Waals surface area contributed by atoms with E-state index in [0.717, 1.165) is 22.7 Å². The molecule has 0 fully saturated rings. The van der Waals surface area contributed by atoms with Gasteiger partial charge in [-0.15, -0.1) is 0 Å². The number of fused-ring (bicyclic) bond motifs is 3. The molecule has 2 N–H and O–H groups in total. The van der Waals surface area contributed by atoms with E-state index >= 15 is 0 Å². The third-order valence-corrected chi connectivity index (χ3v) is 3.84. The summed E-state index contributed by atoms with van der Waals surface area (Å²) < 4.78 is 2.10. The number of rotatable bonds is 6. The van der Waals surface area contributed by atoms with Crippen LogP contribution < -0.4 is 5.32 Å². The fraction of sp³-hybridized carbons (Fsp3) is 0.389. The van der Waals surface area contributed by atoms with E-state index < -0.39 is 6.10 Å². The van der Waals surface area contributed by atoms with Crippen molar-refractivity contribution in [2.24, 2.45) is 5.16 Å². The zero-order valence-corrected chi connectivity index (χ0v) is 13.8. The highest BCUT2D eigenvalue weighted by atomic mass is 16.6. The summed E-state index contributed by atoms with van der Waals surface area (Å²) in [6.45, 7) is 6.81. The van der Waals surface area contributed by atoms with Crippen LogP contribution in [0.2, 0.25) is 0 Å². The Labute approximate surface area is 136 Å². The Hall–Kier alpha value is -2.11. The predicted octanol–water partition coefficient (Wildman–Crippen LogP) is 2.23. The van der Waals surface area contributed by atoms with Gasteiger partial charge in [-0.1, -0.05) is 30.6 Å². The van der Waals surface area contributed by atoms with Gasteiger partial charge in [0.2, 0.25) is 0 Å². The van der Waals surface area contributed by atoms with Gasteiger partial charge < -0.3 is 19.8 Å². The summed E-state index contributed by atoms with van der Waals surface area (Å²) in [5, 5.41) is 17.4. The van der Waals surface area contributed by atoms with Gasteiger partial charge in [0.15, 0.2) is 0 Å². The maximum absolute atomic E-state index is 9.90. The minimum atomic E-state index is -0.577. The average Bonchev–Trinajstić information content (AvgIpc) is 3.07. The maximum atomic E-state index is 9.90. The molecule has 0 bridgehead atoms. The van der Waals surface area contributed by atoms with E-state index in [-0.39, 0.29) is 6.61 Å². The first-order valence-corrected chi connectivity index (χ1v) is 7.97. The summed E-state index contributed by atoms with van der Waals surface area (Å²) in [5.74, 6) is 0. The van der Waals surface area contributed by atoms with Crippen LogP contribution in [-0.4, -0.2) is 40.7 Å². The Morgan fingerprint density at radius 3 is 2.91 bits per heavy atom. The highest BCUT2D eigenvalue weighted by molar-refractivity contribution is 6.17. The standard InChI is InChI=1S/C18H23N3O2/c1-12(2)19-10-14(22)11-23-20-18-15-9-13(3)6-7-16(15)21-8-4-5-17(18)21/h4-9,12,14,19,22H,10-11H2,1-3H3/b20-18+. The Morgan fingerprint density at radius 1 is 1.30 bits per heavy atom. The van der Waals surface area contributed by atoms with Crippen molar-refractivity contribution in [3.63, 3.8) is 0 Å². The molecular formula is C18H23N3O2.